The first-order valence-electron chi connectivity index (χ1n) is 9.13. The lowest BCUT2D eigenvalue weighted by Crippen LogP contribution is -2.38. The van der Waals surface area contributed by atoms with Crippen LogP contribution in [0.2, 0.25) is 0 Å². The molecular formula is C20H21BrN4O2. The number of carbonyl (C=O) groups is 1. The number of fused-ring (bicyclic) bond motifs is 1. The summed E-state index contributed by atoms with van der Waals surface area (Å²) in [5, 5.41) is 6.00. The van der Waals surface area contributed by atoms with E-state index in [2.05, 4.69) is 31.3 Å². The number of hydrogen-bond donors (Lipinski definition) is 2. The molecule has 0 radical (unpaired) electrons. The van der Waals surface area contributed by atoms with Crippen molar-refractivity contribution in [2.75, 3.05) is 0 Å². The molecule has 0 aliphatic heterocycles. The van der Waals surface area contributed by atoms with Gasteiger partial charge < -0.3 is 5.32 Å². The highest BCUT2D eigenvalue weighted by Crippen LogP contribution is 2.38. The van der Waals surface area contributed by atoms with Crippen molar-refractivity contribution in [3.05, 3.63) is 68.2 Å². The molecule has 0 saturated heterocycles. The van der Waals surface area contributed by atoms with Crippen LogP contribution < -0.4 is 10.9 Å². The molecule has 2 N–H and O–H groups in total. The van der Waals surface area contributed by atoms with Gasteiger partial charge in [-0.3, -0.25) is 14.7 Å². The second-order valence-electron chi connectivity index (χ2n) is 7.10. The van der Waals surface area contributed by atoms with Crippen LogP contribution in [0, 0.1) is 12.8 Å². The third kappa shape index (κ3) is 3.56. The molecule has 27 heavy (non-hydrogen) atoms. The Morgan fingerprint density at radius 3 is 2.74 bits per heavy atom. The third-order valence-electron chi connectivity index (χ3n) is 5.35. The number of nitrogens with one attached hydrogen (secondary N) is 2. The van der Waals surface area contributed by atoms with Crippen molar-refractivity contribution < 1.29 is 4.79 Å². The lowest BCUT2D eigenvalue weighted by Gasteiger charge is -2.34. The van der Waals surface area contributed by atoms with Gasteiger partial charge in [-0.2, -0.15) is 0 Å². The van der Waals surface area contributed by atoms with E-state index >= 15 is 0 Å². The number of rotatable bonds is 5. The standard InChI is InChI=1S/C20H21BrN4O2/c1-12-16(20(27)25-17(23-12)9-10-22-25)11-18(26)24-19(13-3-2-4-13)14-5-7-15(21)8-6-14/h5-10,13,19,22H,2-4,11H2,1H3,(H,24,26). The molecule has 1 amide bonds. The maximum atomic E-state index is 12.8. The van der Waals surface area contributed by atoms with Gasteiger partial charge in [-0.1, -0.05) is 34.5 Å². The number of H-pyrrole nitrogens is 1. The van der Waals surface area contributed by atoms with E-state index in [1.54, 1.807) is 19.2 Å². The second kappa shape index (κ2) is 7.31. The van der Waals surface area contributed by atoms with Gasteiger partial charge in [0.2, 0.25) is 5.91 Å². The molecule has 1 saturated carbocycles. The summed E-state index contributed by atoms with van der Waals surface area (Å²) < 4.78 is 2.38. The van der Waals surface area contributed by atoms with Crippen molar-refractivity contribution in [1.29, 1.82) is 0 Å². The van der Waals surface area contributed by atoms with Gasteiger partial charge in [0, 0.05) is 28.0 Å². The van der Waals surface area contributed by atoms with E-state index in [0.717, 1.165) is 22.9 Å². The molecule has 3 aromatic rings. The molecule has 140 valence electrons. The summed E-state index contributed by atoms with van der Waals surface area (Å²) in [6.07, 6.45) is 5.10. The SMILES string of the molecule is Cc1nc2cc[nH]n2c(=O)c1CC(=O)NC(c1ccc(Br)cc1)C1CCC1. The smallest absolute Gasteiger partial charge is 0.276 e. The molecule has 1 unspecified atom stereocenters. The van der Waals surface area contributed by atoms with Crippen LogP contribution in [0.25, 0.3) is 5.65 Å². The molecule has 0 bridgehead atoms. The molecule has 1 aliphatic rings. The number of aromatic nitrogens is 3. The monoisotopic (exact) mass is 428 g/mol. The van der Waals surface area contributed by atoms with Crippen molar-refractivity contribution in [2.24, 2.45) is 5.92 Å². The zero-order valence-electron chi connectivity index (χ0n) is 15.0. The Balaban J connectivity index is 1.57. The van der Waals surface area contributed by atoms with E-state index in [9.17, 15) is 9.59 Å². The van der Waals surface area contributed by atoms with Gasteiger partial charge >= 0.3 is 0 Å². The van der Waals surface area contributed by atoms with Gasteiger partial charge in [0.25, 0.3) is 5.56 Å². The number of aryl methyl sites for hydroxylation is 1. The van der Waals surface area contributed by atoms with Crippen molar-refractivity contribution in [2.45, 2.75) is 38.6 Å². The van der Waals surface area contributed by atoms with E-state index in [4.69, 9.17) is 0 Å². The predicted octanol–water partition coefficient (Wildman–Crippen LogP) is 3.29. The summed E-state index contributed by atoms with van der Waals surface area (Å²) in [7, 11) is 0. The average Bonchev–Trinajstić information content (AvgIpc) is 3.05. The Labute approximate surface area is 165 Å². The molecule has 6 nitrogen and oxygen atoms in total. The average molecular weight is 429 g/mol. The van der Waals surface area contributed by atoms with Crippen molar-refractivity contribution in [3.63, 3.8) is 0 Å². The Morgan fingerprint density at radius 1 is 1.33 bits per heavy atom. The second-order valence-corrected chi connectivity index (χ2v) is 8.02. The quantitative estimate of drug-likeness (QED) is 0.654. The van der Waals surface area contributed by atoms with Crippen LogP contribution in [0.3, 0.4) is 0 Å². The van der Waals surface area contributed by atoms with Crippen LogP contribution >= 0.6 is 15.9 Å². The van der Waals surface area contributed by atoms with E-state index in [0.29, 0.717) is 22.8 Å². The summed E-state index contributed by atoms with van der Waals surface area (Å²) in [6, 6.07) is 9.78. The molecule has 2 aromatic heterocycles. The number of amides is 1. The normalized spacial score (nSPS) is 15.5. The molecule has 0 spiro atoms. The van der Waals surface area contributed by atoms with Gasteiger partial charge in [-0.15, -0.1) is 0 Å². The molecule has 1 aliphatic carbocycles. The lowest BCUT2D eigenvalue weighted by molar-refractivity contribution is -0.121. The highest BCUT2D eigenvalue weighted by molar-refractivity contribution is 9.10. The minimum Gasteiger partial charge on any atom is -0.349 e. The van der Waals surface area contributed by atoms with E-state index in [1.807, 2.05) is 24.3 Å². The molecule has 2 heterocycles. The first-order chi connectivity index (χ1) is 13.0. The predicted molar refractivity (Wildman–Crippen MR) is 107 cm³/mol. The van der Waals surface area contributed by atoms with E-state index < -0.39 is 0 Å². The number of benzene rings is 1. The van der Waals surface area contributed by atoms with Gasteiger partial charge in [0.1, 0.15) is 0 Å². The largest absolute Gasteiger partial charge is 0.349 e. The summed E-state index contributed by atoms with van der Waals surface area (Å²) in [5.74, 6) is 0.296. The summed E-state index contributed by atoms with van der Waals surface area (Å²) in [5.41, 5.74) is 2.46. The molecular weight excluding hydrogens is 408 g/mol. The van der Waals surface area contributed by atoms with Gasteiger partial charge in [0.15, 0.2) is 5.65 Å². The summed E-state index contributed by atoms with van der Waals surface area (Å²) in [6.45, 7) is 1.77. The van der Waals surface area contributed by atoms with E-state index in [1.165, 1.54) is 10.9 Å². The number of halogens is 1. The van der Waals surface area contributed by atoms with Gasteiger partial charge in [-0.25, -0.2) is 9.50 Å². The maximum Gasteiger partial charge on any atom is 0.276 e. The zero-order valence-corrected chi connectivity index (χ0v) is 16.6. The molecule has 4 rings (SSSR count). The van der Waals surface area contributed by atoms with Gasteiger partial charge in [-0.05, 0) is 43.4 Å². The lowest BCUT2D eigenvalue weighted by atomic mass is 9.77. The van der Waals surface area contributed by atoms with Crippen LogP contribution in [0.1, 0.15) is 42.1 Å². The Kier molecular flexibility index (Phi) is 4.86. The molecule has 1 aromatic carbocycles. The first kappa shape index (κ1) is 18.0. The first-order valence-corrected chi connectivity index (χ1v) is 9.92. The highest BCUT2D eigenvalue weighted by Gasteiger charge is 2.30. The fourth-order valence-corrected chi connectivity index (χ4v) is 3.88. The van der Waals surface area contributed by atoms with Crippen LogP contribution in [0.15, 0.2) is 45.8 Å². The zero-order chi connectivity index (χ0) is 19.0. The Hall–Kier alpha value is -2.41. The molecule has 1 fully saturated rings. The topological polar surface area (TPSA) is 79.3 Å². The molecule has 7 heteroatoms. The minimum atomic E-state index is -0.221. The number of nitrogens with zero attached hydrogens (tertiary/aromatic N) is 2. The fourth-order valence-electron chi connectivity index (χ4n) is 3.61. The fraction of sp³-hybridized carbons (Fsp3) is 0.350. The Bertz CT molecular complexity index is 1030. The van der Waals surface area contributed by atoms with Crippen LogP contribution in [-0.4, -0.2) is 20.5 Å². The number of hydrogen-bond acceptors (Lipinski definition) is 3. The van der Waals surface area contributed by atoms with Crippen LogP contribution in [0.4, 0.5) is 0 Å². The van der Waals surface area contributed by atoms with Crippen molar-refractivity contribution in [1.82, 2.24) is 19.9 Å². The summed E-state index contributed by atoms with van der Waals surface area (Å²) in [4.78, 5) is 29.8. The molecule has 1 atom stereocenters. The van der Waals surface area contributed by atoms with E-state index in [-0.39, 0.29) is 23.9 Å². The maximum absolute atomic E-state index is 12.8. The van der Waals surface area contributed by atoms with Gasteiger partial charge in [0.05, 0.1) is 12.5 Å². The van der Waals surface area contributed by atoms with Crippen molar-refractivity contribution >= 4 is 27.5 Å². The highest BCUT2D eigenvalue weighted by atomic mass is 79.9. The Morgan fingerprint density at radius 2 is 2.07 bits per heavy atom. The van der Waals surface area contributed by atoms with Crippen molar-refractivity contribution in [3.8, 4) is 0 Å². The number of aromatic amines is 1. The third-order valence-corrected chi connectivity index (χ3v) is 5.88. The summed E-state index contributed by atoms with van der Waals surface area (Å²) >= 11 is 3.46. The van der Waals surface area contributed by atoms with Crippen LogP contribution in [0.5, 0.6) is 0 Å². The minimum absolute atomic E-state index is 0.0235. The number of carbonyl (C=O) groups excluding carboxylic acids is 1. The van der Waals surface area contributed by atoms with Crippen LogP contribution in [-0.2, 0) is 11.2 Å².